The Morgan fingerprint density at radius 1 is 0.500 bits per heavy atom. The van der Waals surface area contributed by atoms with Crippen molar-refractivity contribution in [3.8, 4) is 17.2 Å². The molecule has 0 amide bonds. The van der Waals surface area contributed by atoms with Crippen molar-refractivity contribution < 1.29 is 44.0 Å². The molecular formula is C30H33NO9. The summed E-state index contributed by atoms with van der Waals surface area (Å²) in [5, 5.41) is 29.6. The Labute approximate surface area is 233 Å². The SMILES string of the molecule is CCOC(=CON(OC=C(OCC)c1ccc(O)cc1)OC=C(OCC)c1ccc(O)cc1)c1ccc(O)cc1. The molecule has 0 bridgehead atoms. The van der Waals surface area contributed by atoms with Crippen molar-refractivity contribution >= 4 is 17.3 Å². The van der Waals surface area contributed by atoms with Gasteiger partial charge >= 0.3 is 0 Å². The molecule has 10 nitrogen and oxygen atoms in total. The van der Waals surface area contributed by atoms with Crippen molar-refractivity contribution in [2.24, 2.45) is 0 Å². The molecule has 0 aliphatic heterocycles. The molecule has 0 saturated heterocycles. The maximum atomic E-state index is 9.63. The molecule has 10 heteroatoms. The molecule has 212 valence electrons. The van der Waals surface area contributed by atoms with Crippen LogP contribution in [-0.2, 0) is 28.7 Å². The van der Waals surface area contributed by atoms with Gasteiger partial charge in [0.1, 0.15) is 17.2 Å². The molecule has 0 radical (unpaired) electrons. The number of rotatable bonds is 15. The van der Waals surface area contributed by atoms with Gasteiger partial charge in [-0.25, -0.2) is 0 Å². The van der Waals surface area contributed by atoms with Crippen LogP contribution in [0.3, 0.4) is 0 Å². The topological polar surface area (TPSA) is 119 Å². The molecule has 40 heavy (non-hydrogen) atoms. The number of aromatic hydroxyl groups is 3. The summed E-state index contributed by atoms with van der Waals surface area (Å²) in [5.41, 5.74) is 1.93. The van der Waals surface area contributed by atoms with Crippen molar-refractivity contribution in [3.05, 3.63) is 108 Å². The van der Waals surface area contributed by atoms with Crippen LogP contribution in [0.4, 0.5) is 0 Å². The first kappa shape index (κ1) is 29.6. The van der Waals surface area contributed by atoms with Gasteiger partial charge in [0, 0.05) is 16.7 Å². The minimum atomic E-state index is 0.111. The summed E-state index contributed by atoms with van der Waals surface area (Å²) in [6, 6.07) is 19.2. The monoisotopic (exact) mass is 551 g/mol. The van der Waals surface area contributed by atoms with E-state index in [-0.39, 0.29) is 17.2 Å². The van der Waals surface area contributed by atoms with Gasteiger partial charge in [-0.05, 0) is 93.6 Å². The van der Waals surface area contributed by atoms with Gasteiger partial charge in [0.2, 0.25) is 5.39 Å². The predicted octanol–water partition coefficient (Wildman–Crippen LogP) is 6.31. The number of phenols is 3. The summed E-state index contributed by atoms with van der Waals surface area (Å²) in [6.07, 6.45) is 3.83. The molecule has 3 N–H and O–H groups in total. The van der Waals surface area contributed by atoms with Crippen molar-refractivity contribution in [1.82, 2.24) is 5.39 Å². The highest BCUT2D eigenvalue weighted by molar-refractivity contribution is 5.61. The zero-order valence-corrected chi connectivity index (χ0v) is 22.5. The molecule has 3 aromatic carbocycles. The number of hydrogen-bond acceptors (Lipinski definition) is 10. The van der Waals surface area contributed by atoms with E-state index in [9.17, 15) is 15.3 Å². The summed E-state index contributed by atoms with van der Waals surface area (Å²) in [7, 11) is 0. The van der Waals surface area contributed by atoms with E-state index in [1.165, 1.54) is 55.2 Å². The first-order chi connectivity index (χ1) is 19.4. The lowest BCUT2D eigenvalue weighted by atomic mass is 10.2. The Morgan fingerprint density at radius 2 is 0.750 bits per heavy atom. The van der Waals surface area contributed by atoms with Crippen LogP contribution in [0.2, 0.25) is 0 Å². The zero-order valence-electron chi connectivity index (χ0n) is 22.5. The van der Waals surface area contributed by atoms with E-state index in [0.717, 1.165) is 0 Å². The van der Waals surface area contributed by atoms with Gasteiger partial charge in [0.15, 0.2) is 36.1 Å². The van der Waals surface area contributed by atoms with Crippen LogP contribution in [0.1, 0.15) is 37.5 Å². The largest absolute Gasteiger partial charge is 0.508 e. The second kappa shape index (κ2) is 15.5. The molecule has 0 unspecified atom stereocenters. The van der Waals surface area contributed by atoms with Gasteiger partial charge in [-0.2, -0.15) is 0 Å². The lowest BCUT2D eigenvalue weighted by Gasteiger charge is -2.18. The molecule has 0 saturated carbocycles. The van der Waals surface area contributed by atoms with Crippen molar-refractivity contribution in [2.45, 2.75) is 20.8 Å². The van der Waals surface area contributed by atoms with Gasteiger partial charge in [-0.1, -0.05) is 0 Å². The second-order valence-electron chi connectivity index (χ2n) is 7.93. The summed E-state index contributed by atoms with van der Waals surface area (Å²) in [6.45, 7) is 6.51. The molecule has 3 rings (SSSR count). The molecule has 3 aromatic rings. The number of hydrogen-bond donors (Lipinski definition) is 3. The number of phenolic OH excluding ortho intramolecular Hbond substituents is 3. The molecular weight excluding hydrogens is 518 g/mol. The van der Waals surface area contributed by atoms with Crippen molar-refractivity contribution in [1.29, 1.82) is 0 Å². The van der Waals surface area contributed by atoms with Crippen LogP contribution < -0.4 is 0 Å². The number of ether oxygens (including phenoxy) is 3. The lowest BCUT2D eigenvalue weighted by Crippen LogP contribution is -2.19. The van der Waals surface area contributed by atoms with Crippen molar-refractivity contribution in [2.75, 3.05) is 19.8 Å². The Hall–Kier alpha value is -4.96. The fourth-order valence-corrected chi connectivity index (χ4v) is 3.25. The van der Waals surface area contributed by atoms with Gasteiger partial charge in [0.05, 0.1) is 19.8 Å². The summed E-state index contributed by atoms with van der Waals surface area (Å²) < 4.78 is 17.1. The first-order valence-electron chi connectivity index (χ1n) is 12.6. The van der Waals surface area contributed by atoms with Gasteiger partial charge in [-0.3, -0.25) is 0 Å². The smallest absolute Gasteiger partial charge is 0.233 e. The Balaban J connectivity index is 1.92. The minimum absolute atomic E-state index is 0.111. The minimum Gasteiger partial charge on any atom is -0.508 e. The zero-order chi connectivity index (χ0) is 28.7. The predicted molar refractivity (Wildman–Crippen MR) is 148 cm³/mol. The van der Waals surface area contributed by atoms with Crippen LogP contribution in [-0.4, -0.2) is 40.5 Å². The average Bonchev–Trinajstić information content (AvgIpc) is 2.96. The maximum Gasteiger partial charge on any atom is 0.233 e. The molecule has 0 atom stereocenters. The highest BCUT2D eigenvalue weighted by Gasteiger charge is 2.13. The molecule has 0 heterocycles. The fraction of sp³-hybridized carbons (Fsp3) is 0.200. The van der Waals surface area contributed by atoms with E-state index in [0.29, 0.717) is 59.2 Å². The third kappa shape index (κ3) is 9.10. The fourth-order valence-electron chi connectivity index (χ4n) is 3.25. The van der Waals surface area contributed by atoms with Crippen LogP contribution in [0, 0.1) is 0 Å². The van der Waals surface area contributed by atoms with Gasteiger partial charge in [0.25, 0.3) is 0 Å². The second-order valence-corrected chi connectivity index (χ2v) is 7.93. The summed E-state index contributed by atoms with van der Waals surface area (Å²) >= 11 is 0. The molecule has 0 spiro atoms. The average molecular weight is 552 g/mol. The molecule has 0 aromatic heterocycles. The Morgan fingerprint density at radius 3 is 0.975 bits per heavy atom. The summed E-state index contributed by atoms with van der Waals surface area (Å²) in [4.78, 5) is 17.0. The molecule has 0 aliphatic carbocycles. The van der Waals surface area contributed by atoms with Gasteiger partial charge < -0.3 is 44.0 Å². The third-order valence-electron chi connectivity index (χ3n) is 5.09. The number of nitrogens with zero attached hydrogens (tertiary/aromatic N) is 1. The van der Waals surface area contributed by atoms with E-state index >= 15 is 0 Å². The highest BCUT2D eigenvalue weighted by Crippen LogP contribution is 2.23. The van der Waals surface area contributed by atoms with E-state index in [2.05, 4.69) is 0 Å². The quantitative estimate of drug-likeness (QED) is 0.147. The number of benzene rings is 3. The van der Waals surface area contributed by atoms with Crippen LogP contribution in [0.25, 0.3) is 17.3 Å². The summed E-state index contributed by atoms with van der Waals surface area (Å²) in [5.74, 6) is 1.37. The normalized spacial score (nSPS) is 12.2. The van der Waals surface area contributed by atoms with E-state index in [1.807, 2.05) is 20.8 Å². The molecule has 0 aliphatic rings. The Kier molecular flexibility index (Phi) is 11.4. The molecule has 0 fully saturated rings. The van der Waals surface area contributed by atoms with Crippen LogP contribution >= 0.6 is 0 Å². The van der Waals surface area contributed by atoms with Crippen LogP contribution in [0.15, 0.2) is 91.6 Å². The van der Waals surface area contributed by atoms with E-state index in [1.54, 1.807) is 36.4 Å². The van der Waals surface area contributed by atoms with E-state index < -0.39 is 0 Å². The van der Waals surface area contributed by atoms with Gasteiger partial charge in [-0.15, -0.1) is 0 Å². The standard InChI is InChI=1S/C30H33NO9/c1-4-35-28(22-7-13-25(32)14-8-22)19-38-31(39-20-29(36-5-2)23-9-15-26(33)16-10-23)40-21-30(37-6-3)24-11-17-27(34)18-12-24/h7-21,32-34H,4-6H2,1-3H3. The van der Waals surface area contributed by atoms with E-state index in [4.69, 9.17) is 28.7 Å². The van der Waals surface area contributed by atoms with Crippen LogP contribution in [0.5, 0.6) is 17.2 Å². The first-order valence-corrected chi connectivity index (χ1v) is 12.6. The third-order valence-corrected chi connectivity index (χ3v) is 5.09. The highest BCUT2D eigenvalue weighted by atomic mass is 17.2. The van der Waals surface area contributed by atoms with Crippen molar-refractivity contribution in [3.63, 3.8) is 0 Å². The maximum absolute atomic E-state index is 9.63. The lowest BCUT2D eigenvalue weighted by molar-refractivity contribution is -0.471. The Bertz CT molecular complexity index is 1110.